The smallest absolute Gasteiger partial charge is 0.213 e. The second kappa shape index (κ2) is 9.96. The zero-order valence-electron chi connectivity index (χ0n) is 19.8. The number of halogens is 1. The van der Waals surface area contributed by atoms with Gasteiger partial charge in [-0.3, -0.25) is 4.98 Å². The fraction of sp³-hybridized carbons (Fsp3) is 0.161. The number of rotatable bonds is 7. The molecule has 0 atom stereocenters. The monoisotopic (exact) mass is 474 g/mol. The lowest BCUT2D eigenvalue weighted by Crippen LogP contribution is -2.09. The van der Waals surface area contributed by atoms with Gasteiger partial charge in [0.15, 0.2) is 0 Å². The van der Waals surface area contributed by atoms with Crippen molar-refractivity contribution in [3.8, 4) is 22.4 Å². The van der Waals surface area contributed by atoms with E-state index in [2.05, 4.69) is 52.4 Å². The lowest BCUT2D eigenvalue weighted by Gasteiger charge is -2.25. The van der Waals surface area contributed by atoms with Gasteiger partial charge in [-0.25, -0.2) is 9.97 Å². The molecule has 0 amide bonds. The van der Waals surface area contributed by atoms with Gasteiger partial charge in [-0.1, -0.05) is 61.0 Å². The highest BCUT2D eigenvalue weighted by atomic mass is 19.1. The van der Waals surface area contributed by atoms with Gasteiger partial charge in [-0.15, -0.1) is 0 Å². The van der Waals surface area contributed by atoms with Crippen molar-refractivity contribution in [1.82, 2.24) is 15.0 Å². The van der Waals surface area contributed by atoms with E-state index >= 15 is 0 Å². The molecule has 1 fully saturated rings. The molecule has 0 bridgehead atoms. The molecule has 177 valence electrons. The first-order valence-corrected chi connectivity index (χ1v) is 12.2. The highest BCUT2D eigenvalue weighted by Gasteiger charge is 2.20. The largest absolute Gasteiger partial charge is 0.370 e. The van der Waals surface area contributed by atoms with Crippen LogP contribution < -0.4 is 0 Å². The Bertz CT molecular complexity index is 1500. The van der Waals surface area contributed by atoms with Gasteiger partial charge < -0.3 is 4.74 Å². The standard InChI is InChI=1S/C31H25FN3O/c32-30-17-21(13-15-34-30)19-36-20-29-27-18-26(24-5-2-1-3-6-24)31(35-28(27)14-16-33-29)25-11-9-23(10-12-25)22-7-4-8-22/h1-3,5-6,9-18H,4,7-8,19-20H2. The summed E-state index contributed by atoms with van der Waals surface area (Å²) < 4.78 is 19.3. The van der Waals surface area contributed by atoms with Gasteiger partial charge in [-0.05, 0) is 53.8 Å². The maximum Gasteiger partial charge on any atom is 0.213 e. The zero-order chi connectivity index (χ0) is 24.3. The van der Waals surface area contributed by atoms with E-state index in [1.807, 2.05) is 24.3 Å². The first kappa shape index (κ1) is 22.5. The first-order chi connectivity index (χ1) is 17.7. The number of pyridine rings is 3. The van der Waals surface area contributed by atoms with Gasteiger partial charge in [0.1, 0.15) is 0 Å². The van der Waals surface area contributed by atoms with E-state index in [1.54, 1.807) is 18.2 Å². The van der Waals surface area contributed by atoms with Crippen molar-refractivity contribution in [2.45, 2.75) is 32.5 Å². The second-order valence-electron chi connectivity index (χ2n) is 9.09. The number of hydrogen-bond donors (Lipinski definition) is 0. The summed E-state index contributed by atoms with van der Waals surface area (Å²) in [5, 5.41) is 0.947. The molecule has 4 nitrogen and oxygen atoms in total. The van der Waals surface area contributed by atoms with Crippen LogP contribution in [-0.2, 0) is 18.0 Å². The van der Waals surface area contributed by atoms with Crippen LogP contribution in [0, 0.1) is 11.9 Å². The minimum atomic E-state index is -0.511. The third-order valence-electron chi connectivity index (χ3n) is 6.73. The van der Waals surface area contributed by atoms with Gasteiger partial charge in [0.25, 0.3) is 0 Å². The van der Waals surface area contributed by atoms with E-state index in [-0.39, 0.29) is 6.61 Å². The molecule has 0 N–H and O–H groups in total. The van der Waals surface area contributed by atoms with E-state index in [4.69, 9.17) is 9.72 Å². The summed E-state index contributed by atoms with van der Waals surface area (Å²) >= 11 is 0. The first-order valence-electron chi connectivity index (χ1n) is 12.2. The van der Waals surface area contributed by atoms with Gasteiger partial charge in [0, 0.05) is 34.8 Å². The number of hydrogen-bond acceptors (Lipinski definition) is 4. The highest BCUT2D eigenvalue weighted by Crippen LogP contribution is 2.38. The number of benzene rings is 2. The van der Waals surface area contributed by atoms with Crippen LogP contribution in [0.25, 0.3) is 33.3 Å². The van der Waals surface area contributed by atoms with Crippen LogP contribution in [0.1, 0.15) is 36.1 Å². The molecule has 0 saturated heterocycles. The average Bonchev–Trinajstić information content (AvgIpc) is 2.88. The molecule has 5 aromatic rings. The van der Waals surface area contributed by atoms with Crippen LogP contribution in [0.15, 0.2) is 91.3 Å². The van der Waals surface area contributed by atoms with Crippen LogP contribution in [0.3, 0.4) is 0 Å². The predicted molar refractivity (Wildman–Crippen MR) is 139 cm³/mol. The predicted octanol–water partition coefficient (Wildman–Crippen LogP) is 7.32. The molecule has 2 aromatic carbocycles. The maximum atomic E-state index is 13.4. The fourth-order valence-corrected chi connectivity index (χ4v) is 4.63. The zero-order valence-corrected chi connectivity index (χ0v) is 19.8. The average molecular weight is 475 g/mol. The van der Waals surface area contributed by atoms with Crippen LogP contribution in [0.4, 0.5) is 4.39 Å². The van der Waals surface area contributed by atoms with Crippen molar-refractivity contribution in [3.63, 3.8) is 0 Å². The molecule has 36 heavy (non-hydrogen) atoms. The summed E-state index contributed by atoms with van der Waals surface area (Å²) in [6, 6.07) is 26.4. The van der Waals surface area contributed by atoms with Crippen LogP contribution in [0.2, 0.25) is 0 Å². The van der Waals surface area contributed by atoms with E-state index in [0.717, 1.165) is 44.5 Å². The Morgan fingerprint density at radius 1 is 0.750 bits per heavy atom. The third-order valence-corrected chi connectivity index (χ3v) is 6.73. The van der Waals surface area contributed by atoms with E-state index in [1.165, 1.54) is 37.1 Å². The van der Waals surface area contributed by atoms with Crippen molar-refractivity contribution >= 4 is 10.9 Å². The molecular weight excluding hydrogens is 449 g/mol. The molecule has 1 saturated carbocycles. The van der Waals surface area contributed by atoms with Crippen LogP contribution >= 0.6 is 0 Å². The van der Waals surface area contributed by atoms with Crippen molar-refractivity contribution in [3.05, 3.63) is 120 Å². The Balaban J connectivity index is 1.37. The minimum absolute atomic E-state index is 0.278. The Labute approximate surface area is 209 Å². The SMILES string of the molecule is Fc1cc(COCc2nccc3nc(-c4ccc([C]5CCC5)cc4)c(-c4ccccc4)cc23)ccn1. The van der Waals surface area contributed by atoms with Crippen molar-refractivity contribution in [2.75, 3.05) is 0 Å². The molecule has 1 aliphatic carbocycles. The molecule has 0 spiro atoms. The lowest BCUT2D eigenvalue weighted by molar-refractivity contribution is 0.105. The topological polar surface area (TPSA) is 47.9 Å². The number of nitrogens with zero attached hydrogens (tertiary/aromatic N) is 3. The van der Waals surface area contributed by atoms with Gasteiger partial charge in [0.2, 0.25) is 5.95 Å². The molecule has 5 heteroatoms. The number of fused-ring (bicyclic) bond motifs is 1. The number of ether oxygens (including phenoxy) is 1. The molecule has 0 unspecified atom stereocenters. The van der Waals surface area contributed by atoms with Gasteiger partial charge in [0.05, 0.1) is 30.1 Å². The fourth-order valence-electron chi connectivity index (χ4n) is 4.63. The summed E-state index contributed by atoms with van der Waals surface area (Å²) in [5.74, 6) is 1.03. The van der Waals surface area contributed by atoms with Gasteiger partial charge >= 0.3 is 0 Å². The van der Waals surface area contributed by atoms with Crippen LogP contribution in [-0.4, -0.2) is 15.0 Å². The summed E-state index contributed by atoms with van der Waals surface area (Å²) in [7, 11) is 0. The Kier molecular flexibility index (Phi) is 6.22. The van der Waals surface area contributed by atoms with Crippen molar-refractivity contribution in [2.24, 2.45) is 0 Å². The highest BCUT2D eigenvalue weighted by molar-refractivity contribution is 5.92. The Morgan fingerprint density at radius 2 is 1.53 bits per heavy atom. The Hall–Kier alpha value is -3.96. The molecule has 3 aromatic heterocycles. The van der Waals surface area contributed by atoms with E-state index < -0.39 is 5.95 Å². The van der Waals surface area contributed by atoms with Crippen molar-refractivity contribution < 1.29 is 9.13 Å². The van der Waals surface area contributed by atoms with E-state index in [0.29, 0.717) is 6.61 Å². The summed E-state index contributed by atoms with van der Waals surface area (Å²) in [6.45, 7) is 0.573. The minimum Gasteiger partial charge on any atom is -0.370 e. The summed E-state index contributed by atoms with van der Waals surface area (Å²) in [5.41, 5.74) is 7.93. The second-order valence-corrected chi connectivity index (χ2v) is 9.09. The molecule has 1 radical (unpaired) electrons. The molecule has 1 aliphatic rings. The van der Waals surface area contributed by atoms with Gasteiger partial charge in [-0.2, -0.15) is 4.39 Å². The Morgan fingerprint density at radius 3 is 2.28 bits per heavy atom. The van der Waals surface area contributed by atoms with E-state index in [9.17, 15) is 4.39 Å². The van der Waals surface area contributed by atoms with Crippen molar-refractivity contribution in [1.29, 1.82) is 0 Å². The normalized spacial score (nSPS) is 13.6. The summed E-state index contributed by atoms with van der Waals surface area (Å²) in [4.78, 5) is 13.3. The van der Waals surface area contributed by atoms with Crippen LogP contribution in [0.5, 0.6) is 0 Å². The third kappa shape index (κ3) is 4.62. The maximum absolute atomic E-state index is 13.4. The summed E-state index contributed by atoms with van der Waals surface area (Å²) in [6.07, 6.45) is 6.91. The quantitative estimate of drug-likeness (QED) is 0.232. The molecule has 0 aliphatic heterocycles. The molecular formula is C31H25FN3O. The number of aromatic nitrogens is 3. The molecule has 3 heterocycles. The molecule has 6 rings (SSSR count). The lowest BCUT2D eigenvalue weighted by atomic mass is 9.80.